The number of anilines is 1. The molecule has 1 aliphatic heterocycles. The number of hydrogen-bond acceptors (Lipinski definition) is 4. The number of nitrogens with one attached hydrogen (secondary N) is 1. The van der Waals surface area contributed by atoms with Gasteiger partial charge in [-0.15, -0.1) is 0 Å². The summed E-state index contributed by atoms with van der Waals surface area (Å²) in [5.41, 5.74) is 0.901. The molecular formula is C14H18FNO2S. The average molecular weight is 283 g/mol. The van der Waals surface area contributed by atoms with Crippen LogP contribution in [0.4, 0.5) is 10.1 Å². The molecule has 1 saturated heterocycles. The largest absolute Gasteiger partial charge is 0.465 e. The summed E-state index contributed by atoms with van der Waals surface area (Å²) < 4.78 is 18.1. The van der Waals surface area contributed by atoms with Crippen molar-refractivity contribution in [2.75, 3.05) is 18.2 Å². The second-order valence-electron chi connectivity index (χ2n) is 4.65. The molecule has 0 radical (unpaired) electrons. The highest BCUT2D eigenvalue weighted by molar-refractivity contribution is 8.00. The van der Waals surface area contributed by atoms with Gasteiger partial charge in [0.05, 0.1) is 18.4 Å². The maximum atomic E-state index is 13.4. The lowest BCUT2D eigenvalue weighted by Gasteiger charge is -2.30. The molecule has 0 saturated carbocycles. The Labute approximate surface area is 116 Å². The van der Waals surface area contributed by atoms with E-state index in [4.69, 9.17) is 4.74 Å². The third-order valence-electron chi connectivity index (χ3n) is 3.33. The van der Waals surface area contributed by atoms with E-state index in [2.05, 4.69) is 12.2 Å². The van der Waals surface area contributed by atoms with Crippen LogP contribution in [0, 0.1) is 5.82 Å². The molecule has 19 heavy (non-hydrogen) atoms. The van der Waals surface area contributed by atoms with Crippen molar-refractivity contribution in [1.29, 1.82) is 0 Å². The van der Waals surface area contributed by atoms with E-state index < -0.39 is 5.97 Å². The molecule has 3 nitrogen and oxygen atoms in total. The normalized spacial score (nSPS) is 22.9. The molecule has 1 aliphatic rings. The first kappa shape index (κ1) is 14.2. The third-order valence-corrected chi connectivity index (χ3v) is 4.71. The predicted octanol–water partition coefficient (Wildman–Crippen LogP) is 3.31. The first-order valence-electron chi connectivity index (χ1n) is 6.38. The lowest BCUT2D eigenvalue weighted by atomic mass is 10.1. The maximum absolute atomic E-state index is 13.4. The average Bonchev–Trinajstić information content (AvgIpc) is 2.41. The van der Waals surface area contributed by atoms with Gasteiger partial charge in [0.25, 0.3) is 0 Å². The van der Waals surface area contributed by atoms with Crippen LogP contribution in [-0.4, -0.2) is 30.1 Å². The number of methoxy groups -OCH3 is 1. The topological polar surface area (TPSA) is 38.3 Å². The summed E-state index contributed by atoms with van der Waals surface area (Å²) in [5.74, 6) is 0.358. The molecule has 2 rings (SSSR count). The predicted molar refractivity (Wildman–Crippen MR) is 76.3 cm³/mol. The van der Waals surface area contributed by atoms with Crippen LogP contribution in [0.3, 0.4) is 0 Å². The van der Waals surface area contributed by atoms with Gasteiger partial charge in [0.2, 0.25) is 0 Å². The summed E-state index contributed by atoms with van der Waals surface area (Å²) in [6.07, 6.45) is 2.17. The number of thioether (sulfide) groups is 1. The van der Waals surface area contributed by atoms with Crippen molar-refractivity contribution in [2.45, 2.75) is 31.1 Å². The zero-order chi connectivity index (χ0) is 13.8. The highest BCUT2D eigenvalue weighted by atomic mass is 32.2. The molecule has 1 aromatic rings. The molecule has 0 aromatic heterocycles. The lowest BCUT2D eigenvalue weighted by molar-refractivity contribution is 0.0601. The molecule has 1 heterocycles. The van der Waals surface area contributed by atoms with Crippen molar-refractivity contribution in [2.24, 2.45) is 0 Å². The van der Waals surface area contributed by atoms with Crippen LogP contribution >= 0.6 is 11.8 Å². The van der Waals surface area contributed by atoms with E-state index in [1.807, 2.05) is 11.8 Å². The van der Waals surface area contributed by atoms with E-state index in [1.165, 1.54) is 25.3 Å². The van der Waals surface area contributed by atoms with Crippen molar-refractivity contribution < 1.29 is 13.9 Å². The van der Waals surface area contributed by atoms with Gasteiger partial charge < -0.3 is 10.1 Å². The molecule has 1 fully saturated rings. The van der Waals surface area contributed by atoms with Gasteiger partial charge in [-0.25, -0.2) is 9.18 Å². The van der Waals surface area contributed by atoms with E-state index in [0.717, 1.165) is 18.6 Å². The Balaban J connectivity index is 2.22. The lowest BCUT2D eigenvalue weighted by Crippen LogP contribution is -2.33. The first-order chi connectivity index (χ1) is 9.11. The Kier molecular flexibility index (Phi) is 4.69. The number of esters is 1. The summed E-state index contributed by atoms with van der Waals surface area (Å²) in [4.78, 5) is 11.7. The minimum atomic E-state index is -0.446. The fourth-order valence-electron chi connectivity index (χ4n) is 2.24. The van der Waals surface area contributed by atoms with Crippen molar-refractivity contribution >= 4 is 23.4 Å². The number of benzene rings is 1. The van der Waals surface area contributed by atoms with Crippen LogP contribution in [0.15, 0.2) is 18.2 Å². The van der Waals surface area contributed by atoms with Crippen LogP contribution in [0.25, 0.3) is 0 Å². The maximum Gasteiger partial charge on any atom is 0.339 e. The molecule has 0 spiro atoms. The molecule has 2 unspecified atom stereocenters. The van der Waals surface area contributed by atoms with E-state index in [-0.39, 0.29) is 11.9 Å². The van der Waals surface area contributed by atoms with Gasteiger partial charge in [0.15, 0.2) is 0 Å². The van der Waals surface area contributed by atoms with Gasteiger partial charge >= 0.3 is 5.97 Å². The quantitative estimate of drug-likeness (QED) is 0.864. The molecule has 1 N–H and O–H groups in total. The van der Waals surface area contributed by atoms with Crippen LogP contribution in [-0.2, 0) is 4.74 Å². The Morgan fingerprint density at radius 2 is 2.32 bits per heavy atom. The highest BCUT2D eigenvalue weighted by Crippen LogP contribution is 2.29. The van der Waals surface area contributed by atoms with Crippen molar-refractivity contribution in [3.63, 3.8) is 0 Å². The number of carbonyl (C=O) groups is 1. The Morgan fingerprint density at radius 1 is 1.53 bits per heavy atom. The van der Waals surface area contributed by atoms with Crippen LogP contribution in [0.2, 0.25) is 0 Å². The summed E-state index contributed by atoms with van der Waals surface area (Å²) in [5, 5.41) is 3.74. The van der Waals surface area contributed by atoms with Crippen molar-refractivity contribution in [3.8, 4) is 0 Å². The Hall–Kier alpha value is -1.23. The summed E-state index contributed by atoms with van der Waals surface area (Å²) in [6.45, 7) is 2.15. The molecular weight excluding hydrogens is 265 g/mol. The van der Waals surface area contributed by atoms with Crippen molar-refractivity contribution in [3.05, 3.63) is 29.6 Å². The monoisotopic (exact) mass is 283 g/mol. The molecule has 0 amide bonds. The van der Waals surface area contributed by atoms with Crippen molar-refractivity contribution in [1.82, 2.24) is 0 Å². The van der Waals surface area contributed by atoms with Gasteiger partial charge in [0.1, 0.15) is 5.82 Å². The summed E-state index contributed by atoms with van der Waals surface area (Å²) in [6, 6.07) is 4.35. The summed E-state index contributed by atoms with van der Waals surface area (Å²) >= 11 is 1.90. The first-order valence-corrected chi connectivity index (χ1v) is 7.42. The minimum absolute atomic E-state index is 0.254. The molecule has 104 valence electrons. The fraction of sp³-hybridized carbons (Fsp3) is 0.500. The highest BCUT2D eigenvalue weighted by Gasteiger charge is 2.23. The van der Waals surface area contributed by atoms with Gasteiger partial charge in [-0.2, -0.15) is 11.8 Å². The van der Waals surface area contributed by atoms with E-state index >= 15 is 0 Å². The van der Waals surface area contributed by atoms with Crippen LogP contribution in [0.5, 0.6) is 0 Å². The van der Waals surface area contributed by atoms with E-state index in [9.17, 15) is 9.18 Å². The molecule has 0 bridgehead atoms. The Bertz CT molecular complexity index is 467. The number of rotatable bonds is 3. The minimum Gasteiger partial charge on any atom is -0.465 e. The third kappa shape index (κ3) is 3.41. The Morgan fingerprint density at radius 3 is 3.00 bits per heavy atom. The van der Waals surface area contributed by atoms with E-state index in [0.29, 0.717) is 16.5 Å². The zero-order valence-corrected chi connectivity index (χ0v) is 11.9. The molecule has 5 heteroatoms. The number of halogens is 1. The number of carbonyl (C=O) groups excluding carboxylic acids is 1. The zero-order valence-electron chi connectivity index (χ0n) is 11.1. The number of ether oxygens (including phenoxy) is 1. The molecule has 1 aromatic carbocycles. The van der Waals surface area contributed by atoms with E-state index in [1.54, 1.807) is 0 Å². The van der Waals surface area contributed by atoms with Gasteiger partial charge in [-0.1, -0.05) is 6.92 Å². The smallest absolute Gasteiger partial charge is 0.339 e. The second kappa shape index (κ2) is 6.28. The van der Waals surface area contributed by atoms with Crippen LogP contribution in [0.1, 0.15) is 30.1 Å². The van der Waals surface area contributed by atoms with Gasteiger partial charge in [-0.05, 0) is 36.8 Å². The van der Waals surface area contributed by atoms with Gasteiger partial charge in [0, 0.05) is 11.3 Å². The second-order valence-corrected chi connectivity index (χ2v) is 6.14. The number of hydrogen-bond donors (Lipinski definition) is 1. The molecule has 0 aliphatic carbocycles. The summed E-state index contributed by atoms with van der Waals surface area (Å²) in [7, 11) is 1.33. The SMILES string of the molecule is COC(=O)c1ccc(F)cc1NC1CCCSC1C. The standard InChI is InChI=1S/C14H18FNO2S/c1-9-12(4-3-7-19-9)16-13-8-10(15)5-6-11(13)14(17)18-2/h5-6,8-9,12,16H,3-4,7H2,1-2H3. The molecule has 2 atom stereocenters. The fourth-order valence-corrected chi connectivity index (χ4v) is 3.38. The van der Waals surface area contributed by atoms with Crippen LogP contribution < -0.4 is 5.32 Å². The van der Waals surface area contributed by atoms with Gasteiger partial charge in [-0.3, -0.25) is 0 Å².